The van der Waals surface area contributed by atoms with E-state index in [1.807, 2.05) is 32.0 Å². The molecule has 1 unspecified atom stereocenters. The van der Waals surface area contributed by atoms with Crippen molar-refractivity contribution in [1.29, 1.82) is 0 Å². The molecule has 100 valence electrons. The summed E-state index contributed by atoms with van der Waals surface area (Å²) >= 11 is 0. The van der Waals surface area contributed by atoms with Crippen molar-refractivity contribution in [1.82, 2.24) is 9.88 Å². The number of ether oxygens (including phenoxy) is 1. The summed E-state index contributed by atoms with van der Waals surface area (Å²) in [7, 11) is 0. The van der Waals surface area contributed by atoms with Crippen LogP contribution in [0.4, 0.5) is 0 Å². The summed E-state index contributed by atoms with van der Waals surface area (Å²) in [6.07, 6.45) is 2.22. The van der Waals surface area contributed by atoms with Crippen molar-refractivity contribution in [3.8, 4) is 0 Å². The van der Waals surface area contributed by atoms with Gasteiger partial charge in [-0.1, -0.05) is 13.0 Å². The number of hydrogen-bond donors (Lipinski definition) is 0. The van der Waals surface area contributed by atoms with E-state index in [0.717, 1.165) is 18.8 Å². The Hall–Kier alpha value is -1.42. The van der Waals surface area contributed by atoms with E-state index < -0.39 is 0 Å². The lowest BCUT2D eigenvalue weighted by molar-refractivity contribution is -0.144. The number of pyridine rings is 1. The number of carbonyl (C=O) groups is 1. The van der Waals surface area contributed by atoms with E-state index >= 15 is 0 Å². The highest BCUT2D eigenvalue weighted by Crippen LogP contribution is 2.09. The van der Waals surface area contributed by atoms with Gasteiger partial charge in [-0.15, -0.1) is 0 Å². The molecule has 0 radical (unpaired) electrons. The summed E-state index contributed by atoms with van der Waals surface area (Å²) < 4.78 is 4.98. The summed E-state index contributed by atoms with van der Waals surface area (Å²) in [6.45, 7) is 8.05. The Bertz CT molecular complexity index is 354. The Kier molecular flexibility index (Phi) is 6.36. The highest BCUT2D eigenvalue weighted by molar-refractivity contribution is 5.70. The zero-order chi connectivity index (χ0) is 13.4. The highest BCUT2D eigenvalue weighted by atomic mass is 16.5. The van der Waals surface area contributed by atoms with Crippen molar-refractivity contribution >= 4 is 5.97 Å². The highest BCUT2D eigenvalue weighted by Gasteiger charge is 2.17. The van der Waals surface area contributed by atoms with Crippen molar-refractivity contribution in [3.05, 3.63) is 30.1 Å². The minimum absolute atomic E-state index is 0.135. The first kappa shape index (κ1) is 14.6. The lowest BCUT2D eigenvalue weighted by Crippen LogP contribution is -2.34. The zero-order valence-corrected chi connectivity index (χ0v) is 11.4. The molecular weight excluding hydrogens is 228 g/mol. The predicted molar refractivity (Wildman–Crippen MR) is 71.0 cm³/mol. The largest absolute Gasteiger partial charge is 0.466 e. The minimum atomic E-state index is -0.135. The molecule has 4 heteroatoms. The monoisotopic (exact) mass is 250 g/mol. The normalized spacial score (nSPS) is 12.4. The summed E-state index contributed by atoms with van der Waals surface area (Å²) in [5.74, 6) is -0.135. The van der Waals surface area contributed by atoms with Gasteiger partial charge in [0.05, 0.1) is 18.7 Å². The van der Waals surface area contributed by atoms with E-state index in [-0.39, 0.29) is 12.0 Å². The molecule has 0 aromatic carbocycles. The van der Waals surface area contributed by atoms with E-state index in [1.165, 1.54) is 0 Å². The van der Waals surface area contributed by atoms with Gasteiger partial charge in [0.15, 0.2) is 0 Å². The molecule has 0 aliphatic rings. The standard InChI is InChI=1S/C14H22N2O2/c1-4-16(11-13-8-6-7-9-15-13)12(3)10-14(17)18-5-2/h6-9,12H,4-5,10-11H2,1-3H3. The van der Waals surface area contributed by atoms with Gasteiger partial charge < -0.3 is 4.74 Å². The number of rotatable bonds is 7. The Morgan fingerprint density at radius 2 is 2.22 bits per heavy atom. The van der Waals surface area contributed by atoms with Crippen LogP contribution in [0.5, 0.6) is 0 Å². The van der Waals surface area contributed by atoms with Gasteiger partial charge in [-0.25, -0.2) is 0 Å². The van der Waals surface area contributed by atoms with Crippen LogP contribution in [-0.4, -0.2) is 35.0 Å². The third-order valence-electron chi connectivity index (χ3n) is 2.89. The van der Waals surface area contributed by atoms with Crippen LogP contribution < -0.4 is 0 Å². The molecule has 0 N–H and O–H groups in total. The van der Waals surface area contributed by atoms with Gasteiger partial charge in [0, 0.05) is 18.8 Å². The van der Waals surface area contributed by atoms with Crippen LogP contribution in [-0.2, 0) is 16.1 Å². The third kappa shape index (κ3) is 4.84. The van der Waals surface area contributed by atoms with Crippen LogP contribution in [0.15, 0.2) is 24.4 Å². The molecule has 18 heavy (non-hydrogen) atoms. The van der Waals surface area contributed by atoms with E-state index in [9.17, 15) is 4.79 Å². The molecule has 1 atom stereocenters. The molecule has 1 aromatic rings. The smallest absolute Gasteiger partial charge is 0.307 e. The molecule has 0 amide bonds. The average molecular weight is 250 g/mol. The summed E-state index contributed by atoms with van der Waals surface area (Å²) in [6, 6.07) is 6.05. The van der Waals surface area contributed by atoms with Crippen molar-refractivity contribution in [2.24, 2.45) is 0 Å². The fraction of sp³-hybridized carbons (Fsp3) is 0.571. The second-order valence-corrected chi connectivity index (χ2v) is 4.24. The van der Waals surface area contributed by atoms with Gasteiger partial charge >= 0.3 is 5.97 Å². The van der Waals surface area contributed by atoms with E-state index in [4.69, 9.17) is 4.74 Å². The first-order chi connectivity index (χ1) is 8.67. The second kappa shape index (κ2) is 7.82. The Balaban J connectivity index is 2.52. The fourth-order valence-electron chi connectivity index (χ4n) is 1.87. The second-order valence-electron chi connectivity index (χ2n) is 4.24. The van der Waals surface area contributed by atoms with Gasteiger partial charge in [-0.2, -0.15) is 0 Å². The lowest BCUT2D eigenvalue weighted by atomic mass is 10.2. The van der Waals surface area contributed by atoms with Crippen LogP contribution in [0, 0.1) is 0 Å². The number of hydrogen-bond acceptors (Lipinski definition) is 4. The Labute approximate surface area is 109 Å². The average Bonchev–Trinajstić information content (AvgIpc) is 2.37. The van der Waals surface area contributed by atoms with E-state index in [1.54, 1.807) is 6.20 Å². The number of nitrogens with zero attached hydrogens (tertiary/aromatic N) is 2. The van der Waals surface area contributed by atoms with Crippen molar-refractivity contribution in [2.45, 2.75) is 39.8 Å². The maximum Gasteiger partial charge on any atom is 0.307 e. The van der Waals surface area contributed by atoms with Crippen LogP contribution in [0.2, 0.25) is 0 Å². The number of esters is 1. The summed E-state index contributed by atoms with van der Waals surface area (Å²) in [4.78, 5) is 18.0. The molecule has 0 fully saturated rings. The molecule has 1 aromatic heterocycles. The maximum atomic E-state index is 11.5. The lowest BCUT2D eigenvalue weighted by Gasteiger charge is -2.26. The summed E-state index contributed by atoms with van der Waals surface area (Å²) in [5.41, 5.74) is 1.02. The first-order valence-corrected chi connectivity index (χ1v) is 6.46. The fourth-order valence-corrected chi connectivity index (χ4v) is 1.87. The predicted octanol–water partition coefficient (Wildman–Crippen LogP) is 2.25. The molecule has 0 aliphatic carbocycles. The Morgan fingerprint density at radius 1 is 1.44 bits per heavy atom. The van der Waals surface area contributed by atoms with Crippen molar-refractivity contribution < 1.29 is 9.53 Å². The van der Waals surface area contributed by atoms with Crippen LogP contribution >= 0.6 is 0 Å². The van der Waals surface area contributed by atoms with Gasteiger partial charge in [-0.05, 0) is 32.5 Å². The van der Waals surface area contributed by atoms with Crippen LogP contribution in [0.1, 0.15) is 32.9 Å². The number of aromatic nitrogens is 1. The van der Waals surface area contributed by atoms with Gasteiger partial charge in [0.25, 0.3) is 0 Å². The first-order valence-electron chi connectivity index (χ1n) is 6.46. The molecule has 4 nitrogen and oxygen atoms in total. The van der Waals surface area contributed by atoms with Gasteiger partial charge in [0.2, 0.25) is 0 Å². The van der Waals surface area contributed by atoms with Crippen molar-refractivity contribution in [3.63, 3.8) is 0 Å². The SMILES string of the molecule is CCOC(=O)CC(C)N(CC)Cc1ccccn1. The maximum absolute atomic E-state index is 11.5. The Morgan fingerprint density at radius 3 is 2.78 bits per heavy atom. The molecule has 0 bridgehead atoms. The van der Waals surface area contributed by atoms with Gasteiger partial charge in [-0.3, -0.25) is 14.7 Å². The molecule has 0 spiro atoms. The quantitative estimate of drug-likeness (QED) is 0.696. The number of carbonyl (C=O) groups excluding carboxylic acids is 1. The zero-order valence-electron chi connectivity index (χ0n) is 11.4. The van der Waals surface area contributed by atoms with E-state index in [0.29, 0.717) is 13.0 Å². The molecule has 1 rings (SSSR count). The van der Waals surface area contributed by atoms with Gasteiger partial charge in [0.1, 0.15) is 0 Å². The molecule has 0 saturated carbocycles. The topological polar surface area (TPSA) is 42.4 Å². The van der Waals surface area contributed by atoms with Crippen molar-refractivity contribution in [2.75, 3.05) is 13.2 Å². The van der Waals surface area contributed by atoms with E-state index in [2.05, 4.69) is 16.8 Å². The molecular formula is C14H22N2O2. The molecule has 0 saturated heterocycles. The summed E-state index contributed by atoms with van der Waals surface area (Å²) in [5, 5.41) is 0. The van der Waals surface area contributed by atoms with Crippen LogP contribution in [0.25, 0.3) is 0 Å². The van der Waals surface area contributed by atoms with Crippen LogP contribution in [0.3, 0.4) is 0 Å². The minimum Gasteiger partial charge on any atom is -0.466 e. The molecule has 1 heterocycles. The molecule has 0 aliphatic heterocycles. The third-order valence-corrected chi connectivity index (χ3v) is 2.89.